The van der Waals surface area contributed by atoms with E-state index in [-0.39, 0.29) is 16.7 Å². The maximum absolute atomic E-state index is 13.5. The molecule has 6 nitrogen and oxygen atoms in total. The zero-order chi connectivity index (χ0) is 35.1. The van der Waals surface area contributed by atoms with Crippen molar-refractivity contribution in [1.82, 2.24) is 0 Å². The Kier molecular flexibility index (Phi) is 11.7. The number of hydrogen-bond acceptors (Lipinski definition) is 5. The number of ether oxygens (including phenoxy) is 3. The highest BCUT2D eigenvalue weighted by atomic mass is 16.6. The fourth-order valence-corrected chi connectivity index (χ4v) is 5.88. The average molecular weight is 651 g/mol. The van der Waals surface area contributed by atoms with Crippen LogP contribution in [0.15, 0.2) is 91.0 Å². The van der Waals surface area contributed by atoms with Gasteiger partial charge in [-0.05, 0) is 89.4 Å². The van der Waals surface area contributed by atoms with E-state index >= 15 is 0 Å². The number of hydrogen-bond donors (Lipinski definition) is 1. The van der Waals surface area contributed by atoms with E-state index in [0.29, 0.717) is 18.1 Å². The number of rotatable bonds is 15. The minimum absolute atomic E-state index is 0.0104. The molecule has 4 aromatic carbocycles. The van der Waals surface area contributed by atoms with E-state index in [1.54, 1.807) is 31.4 Å². The molecule has 0 amide bonds. The van der Waals surface area contributed by atoms with Gasteiger partial charge in [0.05, 0.1) is 7.11 Å². The van der Waals surface area contributed by atoms with E-state index in [9.17, 15) is 14.7 Å². The Morgan fingerprint density at radius 2 is 1.23 bits per heavy atom. The lowest BCUT2D eigenvalue weighted by atomic mass is 9.77. The van der Waals surface area contributed by atoms with Crippen LogP contribution in [-0.2, 0) is 15.6 Å². The SMILES string of the molecule is CCCCC(Oc1ccc(C(C)(C)c2ccc(C(C)CC)cc2)cc1C(=O)O)C(=O)Oc1ccc(C(C)(C)c2ccc(OC)cc2)cc1. The van der Waals surface area contributed by atoms with E-state index in [4.69, 9.17) is 14.2 Å². The van der Waals surface area contributed by atoms with Crippen molar-refractivity contribution < 1.29 is 28.9 Å². The lowest BCUT2D eigenvalue weighted by Gasteiger charge is -2.28. The van der Waals surface area contributed by atoms with Crippen molar-refractivity contribution in [2.75, 3.05) is 7.11 Å². The van der Waals surface area contributed by atoms with Crippen LogP contribution in [0.3, 0.4) is 0 Å². The van der Waals surface area contributed by atoms with E-state index in [2.05, 4.69) is 65.8 Å². The first-order chi connectivity index (χ1) is 22.8. The number of unbranched alkanes of at least 4 members (excludes halogenated alkanes) is 1. The minimum Gasteiger partial charge on any atom is -0.497 e. The summed E-state index contributed by atoms with van der Waals surface area (Å²) in [5.74, 6) is 0.133. The van der Waals surface area contributed by atoms with Gasteiger partial charge in [0, 0.05) is 10.8 Å². The standard InChI is InChI=1S/C42H50O6/c1-9-11-12-38(40(45)47-35-24-19-32(20-25-35)41(4,5)31-17-22-34(46-8)23-18-31)48-37-26-21-33(27-36(37)39(43)44)42(6,7)30-15-13-29(14-16-30)28(3)10-2/h13-28,38H,9-12H2,1-8H3,(H,43,44). The first-order valence-electron chi connectivity index (χ1n) is 16.9. The van der Waals surface area contributed by atoms with Crippen molar-refractivity contribution in [2.45, 2.75) is 97.0 Å². The maximum atomic E-state index is 13.5. The Hall–Kier alpha value is -4.58. The van der Waals surface area contributed by atoms with Gasteiger partial charge < -0.3 is 19.3 Å². The van der Waals surface area contributed by atoms with E-state index in [1.165, 1.54) is 5.56 Å². The van der Waals surface area contributed by atoms with Gasteiger partial charge in [-0.2, -0.15) is 0 Å². The fourth-order valence-electron chi connectivity index (χ4n) is 5.88. The van der Waals surface area contributed by atoms with Crippen molar-refractivity contribution in [3.8, 4) is 17.2 Å². The van der Waals surface area contributed by atoms with Crippen LogP contribution in [0.4, 0.5) is 0 Å². The van der Waals surface area contributed by atoms with Gasteiger partial charge in [-0.25, -0.2) is 9.59 Å². The predicted molar refractivity (Wildman–Crippen MR) is 192 cm³/mol. The highest BCUT2D eigenvalue weighted by molar-refractivity contribution is 5.91. The number of methoxy groups -OCH3 is 1. The number of carboxylic acids is 1. The number of carboxylic acid groups (broad SMARTS) is 1. The second-order valence-corrected chi connectivity index (χ2v) is 13.6. The summed E-state index contributed by atoms with van der Waals surface area (Å²) in [7, 11) is 1.65. The molecular weight excluding hydrogens is 600 g/mol. The second-order valence-electron chi connectivity index (χ2n) is 13.6. The number of aromatic carboxylic acids is 1. The van der Waals surface area contributed by atoms with E-state index in [1.807, 2.05) is 49.4 Å². The topological polar surface area (TPSA) is 82.1 Å². The minimum atomic E-state index is -1.12. The number of benzene rings is 4. The van der Waals surface area contributed by atoms with Gasteiger partial charge in [0.2, 0.25) is 0 Å². The van der Waals surface area contributed by atoms with Crippen LogP contribution in [0.2, 0.25) is 0 Å². The molecule has 0 saturated carbocycles. The van der Waals surface area contributed by atoms with Crippen LogP contribution in [0.25, 0.3) is 0 Å². The van der Waals surface area contributed by atoms with Crippen LogP contribution in [0, 0.1) is 0 Å². The molecule has 2 unspecified atom stereocenters. The third-order valence-electron chi connectivity index (χ3n) is 9.70. The van der Waals surface area contributed by atoms with Gasteiger partial charge in [0.1, 0.15) is 22.8 Å². The van der Waals surface area contributed by atoms with Crippen molar-refractivity contribution in [3.05, 3.63) is 124 Å². The van der Waals surface area contributed by atoms with Gasteiger partial charge in [0.15, 0.2) is 6.10 Å². The van der Waals surface area contributed by atoms with Gasteiger partial charge in [-0.3, -0.25) is 0 Å². The molecule has 0 aliphatic heterocycles. The van der Waals surface area contributed by atoms with Crippen LogP contribution in [0.1, 0.15) is 118 Å². The van der Waals surface area contributed by atoms with Crippen LogP contribution in [0.5, 0.6) is 17.2 Å². The zero-order valence-corrected chi connectivity index (χ0v) is 29.6. The number of esters is 1. The molecule has 0 bridgehead atoms. The highest BCUT2D eigenvalue weighted by Crippen LogP contribution is 2.36. The molecule has 2 atom stereocenters. The van der Waals surface area contributed by atoms with Crippen molar-refractivity contribution in [1.29, 1.82) is 0 Å². The summed E-state index contributed by atoms with van der Waals surface area (Å²) in [4.78, 5) is 26.0. The quantitative estimate of drug-likeness (QED) is 0.102. The van der Waals surface area contributed by atoms with Crippen LogP contribution in [-0.4, -0.2) is 30.3 Å². The van der Waals surface area contributed by atoms with Crippen molar-refractivity contribution in [3.63, 3.8) is 0 Å². The van der Waals surface area contributed by atoms with Crippen LogP contribution < -0.4 is 14.2 Å². The molecule has 4 aromatic rings. The summed E-state index contributed by atoms with van der Waals surface area (Å²) >= 11 is 0. The lowest BCUT2D eigenvalue weighted by molar-refractivity contribution is -0.142. The molecule has 6 heteroatoms. The smallest absolute Gasteiger partial charge is 0.352 e. The molecule has 0 saturated heterocycles. The van der Waals surface area contributed by atoms with Crippen molar-refractivity contribution in [2.24, 2.45) is 0 Å². The molecule has 0 aromatic heterocycles. The third-order valence-corrected chi connectivity index (χ3v) is 9.70. The molecule has 0 aliphatic carbocycles. The Bertz CT molecular complexity index is 1670. The Labute approximate surface area is 286 Å². The molecule has 0 fully saturated rings. The zero-order valence-electron chi connectivity index (χ0n) is 29.6. The Balaban J connectivity index is 1.53. The third kappa shape index (κ3) is 8.28. The molecule has 1 N–H and O–H groups in total. The fraction of sp³-hybridized carbons (Fsp3) is 0.381. The second kappa shape index (κ2) is 15.5. The molecule has 48 heavy (non-hydrogen) atoms. The summed E-state index contributed by atoms with van der Waals surface area (Å²) < 4.78 is 17.3. The summed E-state index contributed by atoms with van der Waals surface area (Å²) in [5.41, 5.74) is 4.67. The number of carbonyl (C=O) groups excluding carboxylic acids is 1. The predicted octanol–water partition coefficient (Wildman–Crippen LogP) is 10.1. The molecular formula is C42H50O6. The van der Waals surface area contributed by atoms with Gasteiger partial charge in [-0.15, -0.1) is 0 Å². The molecule has 0 aliphatic rings. The van der Waals surface area contributed by atoms with Gasteiger partial charge in [-0.1, -0.05) is 109 Å². The monoisotopic (exact) mass is 650 g/mol. The molecule has 0 radical (unpaired) electrons. The summed E-state index contributed by atoms with van der Waals surface area (Å²) in [6, 6.07) is 29.2. The largest absolute Gasteiger partial charge is 0.497 e. The summed E-state index contributed by atoms with van der Waals surface area (Å²) in [6.07, 6.45) is 2.05. The van der Waals surface area contributed by atoms with Crippen LogP contribution >= 0.6 is 0 Å². The van der Waals surface area contributed by atoms with E-state index in [0.717, 1.165) is 47.3 Å². The molecule has 0 heterocycles. The summed E-state index contributed by atoms with van der Waals surface area (Å²) in [6.45, 7) is 14.9. The van der Waals surface area contributed by atoms with Crippen molar-refractivity contribution >= 4 is 11.9 Å². The van der Waals surface area contributed by atoms with Gasteiger partial charge in [0.25, 0.3) is 0 Å². The maximum Gasteiger partial charge on any atom is 0.352 e. The first kappa shape index (κ1) is 36.3. The normalized spacial score (nSPS) is 13.0. The lowest BCUT2D eigenvalue weighted by Crippen LogP contribution is -2.32. The highest BCUT2D eigenvalue weighted by Gasteiger charge is 2.29. The van der Waals surface area contributed by atoms with E-state index < -0.39 is 23.5 Å². The molecule has 0 spiro atoms. The Morgan fingerprint density at radius 3 is 1.73 bits per heavy atom. The summed E-state index contributed by atoms with van der Waals surface area (Å²) in [5, 5.41) is 10.2. The van der Waals surface area contributed by atoms with Gasteiger partial charge >= 0.3 is 11.9 Å². The molecule has 254 valence electrons. The Morgan fingerprint density at radius 1 is 0.729 bits per heavy atom. The number of carbonyl (C=O) groups is 2. The first-order valence-corrected chi connectivity index (χ1v) is 16.9. The molecule has 4 rings (SSSR count). The average Bonchev–Trinajstić information content (AvgIpc) is 3.09.